The van der Waals surface area contributed by atoms with E-state index in [1.54, 1.807) is 7.11 Å². The van der Waals surface area contributed by atoms with Gasteiger partial charge in [-0.05, 0) is 46.0 Å². The van der Waals surface area contributed by atoms with Crippen LogP contribution in [0.1, 0.15) is 66.2 Å². The van der Waals surface area contributed by atoms with Gasteiger partial charge in [0.2, 0.25) is 0 Å². The van der Waals surface area contributed by atoms with Crippen LogP contribution in [0, 0.1) is 5.92 Å². The molecule has 3 heteroatoms. The molecule has 0 heterocycles. The van der Waals surface area contributed by atoms with Gasteiger partial charge in [-0.15, -0.1) is 0 Å². The van der Waals surface area contributed by atoms with Crippen molar-refractivity contribution in [3.63, 3.8) is 0 Å². The highest BCUT2D eigenvalue weighted by molar-refractivity contribution is 5.80. The molecular weight excluding hydrogens is 240 g/mol. The summed E-state index contributed by atoms with van der Waals surface area (Å²) in [5.74, 6) is -0.141. The number of carboxylic acids is 1. The van der Waals surface area contributed by atoms with E-state index in [0.717, 1.165) is 31.3 Å². The molecule has 0 radical (unpaired) electrons. The molecule has 1 N–H and O–H groups in total. The second-order valence-electron chi connectivity index (χ2n) is 6.18. The van der Waals surface area contributed by atoms with Gasteiger partial charge in [-0.25, -0.2) is 4.79 Å². The van der Waals surface area contributed by atoms with Crippen LogP contribution in [0.3, 0.4) is 0 Å². The minimum Gasteiger partial charge on any atom is -0.478 e. The van der Waals surface area contributed by atoms with Crippen LogP contribution in [-0.4, -0.2) is 23.8 Å². The largest absolute Gasteiger partial charge is 0.478 e. The Kier molecular flexibility index (Phi) is 8.73. The third kappa shape index (κ3) is 10.8. The van der Waals surface area contributed by atoms with Crippen LogP contribution >= 0.6 is 0 Å². The zero-order chi connectivity index (χ0) is 14.9. The van der Waals surface area contributed by atoms with Crippen LogP contribution in [0.5, 0.6) is 0 Å². The molecule has 0 unspecified atom stereocenters. The van der Waals surface area contributed by atoms with E-state index in [9.17, 15) is 4.79 Å². The molecule has 0 spiro atoms. The fourth-order valence-electron chi connectivity index (χ4n) is 2.13. The van der Waals surface area contributed by atoms with Gasteiger partial charge in [0.25, 0.3) is 0 Å². The summed E-state index contributed by atoms with van der Waals surface area (Å²) in [5.41, 5.74) is 0.945. The van der Waals surface area contributed by atoms with Crippen molar-refractivity contribution in [3.05, 3.63) is 11.6 Å². The van der Waals surface area contributed by atoms with Gasteiger partial charge in [0, 0.05) is 13.2 Å². The lowest BCUT2D eigenvalue weighted by atomic mass is 9.93. The fraction of sp³-hybridized carbons (Fsp3) is 0.812. The van der Waals surface area contributed by atoms with Crippen molar-refractivity contribution in [2.24, 2.45) is 5.92 Å². The van der Waals surface area contributed by atoms with Crippen LogP contribution in [0.25, 0.3) is 0 Å². The summed E-state index contributed by atoms with van der Waals surface area (Å²) in [6, 6.07) is 0. The maximum Gasteiger partial charge on any atom is 0.328 e. The molecule has 0 saturated heterocycles. The van der Waals surface area contributed by atoms with Gasteiger partial charge < -0.3 is 9.84 Å². The maximum atomic E-state index is 10.5. The van der Waals surface area contributed by atoms with Crippen LogP contribution in [0.15, 0.2) is 11.6 Å². The average molecular weight is 270 g/mol. The smallest absolute Gasteiger partial charge is 0.328 e. The number of allylic oxidation sites excluding steroid dienone is 1. The molecule has 0 fully saturated rings. The second-order valence-corrected chi connectivity index (χ2v) is 6.18. The van der Waals surface area contributed by atoms with Gasteiger partial charge in [-0.2, -0.15) is 0 Å². The number of carbonyl (C=O) groups is 1. The molecule has 0 aliphatic rings. The monoisotopic (exact) mass is 270 g/mol. The van der Waals surface area contributed by atoms with Crippen LogP contribution in [0.2, 0.25) is 0 Å². The molecular formula is C16H30O3. The zero-order valence-corrected chi connectivity index (χ0v) is 13.2. The Hall–Kier alpha value is -0.830. The molecule has 0 aliphatic carbocycles. The first-order valence-electron chi connectivity index (χ1n) is 7.22. The SMILES string of the molecule is COC(C)(C)CCC[C@H](C)CCC/C(C)=C/C(=O)O. The first-order chi connectivity index (χ1) is 8.76. The molecule has 0 aromatic heterocycles. The van der Waals surface area contributed by atoms with Crippen molar-refractivity contribution in [1.29, 1.82) is 0 Å². The van der Waals surface area contributed by atoms with Crippen molar-refractivity contribution in [2.75, 3.05) is 7.11 Å². The highest BCUT2D eigenvalue weighted by Crippen LogP contribution is 2.22. The Labute approximate surface area is 118 Å². The Morgan fingerprint density at radius 1 is 1.32 bits per heavy atom. The maximum absolute atomic E-state index is 10.5. The summed E-state index contributed by atoms with van der Waals surface area (Å²) in [6.07, 6.45) is 7.93. The number of methoxy groups -OCH3 is 1. The first kappa shape index (κ1) is 18.2. The molecule has 3 nitrogen and oxygen atoms in total. The molecule has 0 amide bonds. The van der Waals surface area contributed by atoms with Gasteiger partial charge in [0.15, 0.2) is 0 Å². The van der Waals surface area contributed by atoms with Gasteiger partial charge in [-0.3, -0.25) is 0 Å². The minimum atomic E-state index is -0.840. The second kappa shape index (κ2) is 9.13. The number of hydrogen-bond acceptors (Lipinski definition) is 2. The third-order valence-corrected chi connectivity index (χ3v) is 3.67. The topological polar surface area (TPSA) is 46.5 Å². The molecule has 0 bridgehead atoms. The average Bonchev–Trinajstić information content (AvgIpc) is 2.27. The van der Waals surface area contributed by atoms with Crippen LogP contribution in [0.4, 0.5) is 0 Å². The highest BCUT2D eigenvalue weighted by atomic mass is 16.5. The quantitative estimate of drug-likeness (QED) is 0.598. The summed E-state index contributed by atoms with van der Waals surface area (Å²) in [4.78, 5) is 10.5. The molecule has 0 aromatic carbocycles. The summed E-state index contributed by atoms with van der Waals surface area (Å²) in [5, 5.41) is 8.62. The van der Waals surface area contributed by atoms with E-state index in [2.05, 4.69) is 20.8 Å². The van der Waals surface area contributed by atoms with Gasteiger partial charge in [0.1, 0.15) is 0 Å². The predicted molar refractivity (Wildman–Crippen MR) is 79.3 cm³/mol. The van der Waals surface area contributed by atoms with E-state index in [1.165, 1.54) is 18.9 Å². The Morgan fingerprint density at radius 2 is 1.89 bits per heavy atom. The molecule has 19 heavy (non-hydrogen) atoms. The van der Waals surface area contributed by atoms with Gasteiger partial charge in [0.05, 0.1) is 5.60 Å². The van der Waals surface area contributed by atoms with Crippen LogP contribution in [-0.2, 0) is 9.53 Å². The van der Waals surface area contributed by atoms with Crippen LogP contribution < -0.4 is 0 Å². The molecule has 1 atom stereocenters. The number of carboxylic acid groups (broad SMARTS) is 1. The summed E-state index contributed by atoms with van der Waals surface area (Å²) >= 11 is 0. The van der Waals surface area contributed by atoms with Crippen molar-refractivity contribution >= 4 is 5.97 Å². The lowest BCUT2D eigenvalue weighted by Crippen LogP contribution is -2.22. The molecule has 0 saturated carbocycles. The first-order valence-corrected chi connectivity index (χ1v) is 7.22. The van der Waals surface area contributed by atoms with E-state index in [-0.39, 0.29) is 5.60 Å². The molecule has 0 aliphatic heterocycles. The Bertz CT molecular complexity index is 292. The Morgan fingerprint density at radius 3 is 2.42 bits per heavy atom. The van der Waals surface area contributed by atoms with E-state index in [1.807, 2.05) is 6.92 Å². The molecule has 0 aromatic rings. The number of rotatable bonds is 10. The summed E-state index contributed by atoms with van der Waals surface area (Å²) in [6.45, 7) is 8.41. The minimum absolute atomic E-state index is 0.0134. The lowest BCUT2D eigenvalue weighted by molar-refractivity contribution is -0.131. The van der Waals surface area contributed by atoms with E-state index in [4.69, 9.17) is 9.84 Å². The third-order valence-electron chi connectivity index (χ3n) is 3.67. The van der Waals surface area contributed by atoms with Gasteiger partial charge in [-0.1, -0.05) is 31.8 Å². The van der Waals surface area contributed by atoms with E-state index < -0.39 is 5.97 Å². The van der Waals surface area contributed by atoms with E-state index >= 15 is 0 Å². The van der Waals surface area contributed by atoms with Crippen molar-refractivity contribution < 1.29 is 14.6 Å². The van der Waals surface area contributed by atoms with Crippen molar-refractivity contribution in [2.45, 2.75) is 71.8 Å². The standard InChI is InChI=1S/C16H30O3/c1-13(10-7-11-16(3,4)19-5)8-6-9-14(2)12-15(17)18/h12-13H,6-11H2,1-5H3,(H,17,18)/b14-12+/t13-/m1/s1. The summed E-state index contributed by atoms with van der Waals surface area (Å²) in [7, 11) is 1.76. The summed E-state index contributed by atoms with van der Waals surface area (Å²) < 4.78 is 5.41. The highest BCUT2D eigenvalue weighted by Gasteiger charge is 2.16. The predicted octanol–water partition coefficient (Wildman–Crippen LogP) is 4.42. The molecule has 0 rings (SSSR count). The van der Waals surface area contributed by atoms with E-state index in [0.29, 0.717) is 5.92 Å². The van der Waals surface area contributed by atoms with Crippen molar-refractivity contribution in [1.82, 2.24) is 0 Å². The zero-order valence-electron chi connectivity index (χ0n) is 13.2. The molecule has 112 valence electrons. The number of hydrogen-bond donors (Lipinski definition) is 1. The van der Waals surface area contributed by atoms with Crippen molar-refractivity contribution in [3.8, 4) is 0 Å². The van der Waals surface area contributed by atoms with Gasteiger partial charge >= 0.3 is 5.97 Å². The number of aliphatic carboxylic acids is 1. The normalized spacial score (nSPS) is 14.5. The lowest BCUT2D eigenvalue weighted by Gasteiger charge is -2.23. The fourth-order valence-corrected chi connectivity index (χ4v) is 2.13. The Balaban J connectivity index is 3.71. The number of ether oxygens (including phenoxy) is 1.